The number of nitrogens with zero attached hydrogens (tertiary/aromatic N) is 5. The van der Waals surface area contributed by atoms with E-state index in [2.05, 4.69) is 4.99 Å². The predicted octanol–water partition coefficient (Wildman–Crippen LogP) is -1.01. The van der Waals surface area contributed by atoms with Gasteiger partial charge in [-0.15, -0.1) is 0 Å². The van der Waals surface area contributed by atoms with E-state index in [-0.39, 0.29) is 12.5 Å². The third-order valence-electron chi connectivity index (χ3n) is 4.26. The lowest BCUT2D eigenvalue weighted by Gasteiger charge is -2.30. The summed E-state index contributed by atoms with van der Waals surface area (Å²) in [5, 5.41) is 0. The number of amides is 4. The molecule has 2 aliphatic heterocycles. The Hall–Kier alpha value is -2.71. The van der Waals surface area contributed by atoms with Crippen LogP contribution in [0.5, 0.6) is 0 Å². The van der Waals surface area contributed by atoms with Crippen LogP contribution >= 0.6 is 0 Å². The van der Waals surface area contributed by atoms with E-state index in [1.54, 1.807) is 16.2 Å². The second-order valence-corrected chi connectivity index (χ2v) is 5.50. The first-order valence-corrected chi connectivity index (χ1v) is 6.79. The average molecular weight is 305 g/mol. The number of hydrogen-bond donors (Lipinski definition) is 1. The normalized spacial score (nSPS) is 20.2. The minimum atomic E-state index is -0.685. The number of fused-ring (bicyclic) bond motifs is 3. The van der Waals surface area contributed by atoms with E-state index in [1.807, 2.05) is 13.8 Å². The molecule has 0 aromatic carbocycles. The molecule has 4 amide bonds. The maximum atomic E-state index is 12.5. The molecule has 0 spiro atoms. The Bertz CT molecular complexity index is 762. The number of nitrogens with two attached hydrogens (primary N) is 1. The number of likely N-dealkylation sites (N-methyl/N-ethyl adjacent to an activating group) is 2. The van der Waals surface area contributed by atoms with Gasteiger partial charge in [-0.2, -0.15) is 0 Å². The Balaban J connectivity index is 2.21. The van der Waals surface area contributed by atoms with E-state index in [1.165, 1.54) is 11.9 Å². The van der Waals surface area contributed by atoms with E-state index < -0.39 is 18.0 Å². The first-order chi connectivity index (χ1) is 10.3. The van der Waals surface area contributed by atoms with Crippen LogP contribution in [0.1, 0.15) is 17.4 Å². The van der Waals surface area contributed by atoms with Gasteiger partial charge in [0.2, 0.25) is 11.9 Å². The molecular formula is C13H17N6O3+. The van der Waals surface area contributed by atoms with Crippen molar-refractivity contribution < 1.29 is 19.0 Å². The monoisotopic (exact) mass is 305 g/mol. The van der Waals surface area contributed by atoms with E-state index in [0.717, 1.165) is 16.3 Å². The lowest BCUT2D eigenvalue weighted by atomic mass is 10.1. The summed E-state index contributed by atoms with van der Waals surface area (Å²) in [7, 11) is 3.02. The molecule has 3 rings (SSSR count). The summed E-state index contributed by atoms with van der Waals surface area (Å²) in [5.41, 5.74) is 6.91. The molecule has 3 heterocycles. The smallest absolute Gasteiger partial charge is 0.367 e. The van der Waals surface area contributed by atoms with Gasteiger partial charge in [-0.05, 0) is 13.8 Å². The van der Waals surface area contributed by atoms with Crippen molar-refractivity contribution in [1.29, 1.82) is 0 Å². The van der Waals surface area contributed by atoms with Crippen LogP contribution in [-0.4, -0.2) is 52.1 Å². The summed E-state index contributed by atoms with van der Waals surface area (Å²) in [6.45, 7) is 3.66. The second-order valence-electron chi connectivity index (χ2n) is 5.50. The Morgan fingerprint density at radius 1 is 1.27 bits per heavy atom. The van der Waals surface area contributed by atoms with Crippen molar-refractivity contribution in [2.75, 3.05) is 14.1 Å². The number of amidine groups is 1. The highest BCUT2D eigenvalue weighted by Crippen LogP contribution is 2.34. The molecular weight excluding hydrogens is 288 g/mol. The van der Waals surface area contributed by atoms with Crippen molar-refractivity contribution in [2.24, 2.45) is 10.7 Å². The van der Waals surface area contributed by atoms with Gasteiger partial charge in [0.05, 0.1) is 0 Å². The average Bonchev–Trinajstić information content (AvgIpc) is 2.95. The third-order valence-corrected chi connectivity index (χ3v) is 4.26. The van der Waals surface area contributed by atoms with Crippen LogP contribution in [0.4, 0.5) is 10.7 Å². The molecule has 9 heteroatoms. The SMILES string of the molecule is Cc1c(C)[n+](CC(N)=O)c2n1C1C(=O)N(C)C(=O)N(C)C1=N2. The molecule has 9 nitrogen and oxygen atoms in total. The summed E-state index contributed by atoms with van der Waals surface area (Å²) in [6, 6.07) is -1.11. The van der Waals surface area contributed by atoms with Gasteiger partial charge in [0.1, 0.15) is 11.4 Å². The summed E-state index contributed by atoms with van der Waals surface area (Å²) in [5.74, 6) is -0.0177. The number of imide groups is 1. The molecule has 1 saturated heterocycles. The number of urea groups is 1. The molecule has 2 aliphatic rings. The van der Waals surface area contributed by atoms with Crippen LogP contribution in [0.15, 0.2) is 4.99 Å². The van der Waals surface area contributed by atoms with Gasteiger partial charge in [0, 0.05) is 14.1 Å². The number of aromatic nitrogens is 2. The van der Waals surface area contributed by atoms with Crippen molar-refractivity contribution in [3.05, 3.63) is 11.4 Å². The Morgan fingerprint density at radius 3 is 2.50 bits per heavy atom. The minimum absolute atomic E-state index is 0.0276. The number of carbonyl (C=O) groups excluding carboxylic acids is 3. The number of aliphatic imine (C=N–C) groups is 1. The van der Waals surface area contributed by atoms with Crippen LogP contribution in [-0.2, 0) is 16.1 Å². The molecule has 0 saturated carbocycles. The van der Waals surface area contributed by atoms with Gasteiger partial charge in [0.25, 0.3) is 11.8 Å². The van der Waals surface area contributed by atoms with Crippen LogP contribution in [0.3, 0.4) is 0 Å². The van der Waals surface area contributed by atoms with Crippen LogP contribution < -0.4 is 10.3 Å². The lowest BCUT2D eigenvalue weighted by molar-refractivity contribution is -0.676. The molecule has 22 heavy (non-hydrogen) atoms. The number of rotatable bonds is 2. The molecule has 0 radical (unpaired) electrons. The van der Waals surface area contributed by atoms with Crippen molar-refractivity contribution >= 4 is 29.6 Å². The summed E-state index contributed by atoms with van der Waals surface area (Å²) in [4.78, 5) is 42.6. The summed E-state index contributed by atoms with van der Waals surface area (Å²) < 4.78 is 3.41. The highest BCUT2D eigenvalue weighted by molar-refractivity contribution is 6.20. The maximum Gasteiger partial charge on any atom is 0.402 e. The fourth-order valence-electron chi connectivity index (χ4n) is 2.93. The van der Waals surface area contributed by atoms with Gasteiger partial charge in [-0.3, -0.25) is 19.4 Å². The molecule has 1 fully saturated rings. The van der Waals surface area contributed by atoms with Crippen molar-refractivity contribution in [2.45, 2.75) is 26.4 Å². The summed E-state index contributed by atoms with van der Waals surface area (Å²) >= 11 is 0. The zero-order valence-corrected chi connectivity index (χ0v) is 12.8. The van der Waals surface area contributed by atoms with E-state index >= 15 is 0 Å². The van der Waals surface area contributed by atoms with Gasteiger partial charge < -0.3 is 5.73 Å². The topological polar surface area (TPSA) is 105 Å². The minimum Gasteiger partial charge on any atom is -0.367 e. The molecule has 1 aromatic heterocycles. The standard InChI is InChI=1S/C13H16N6O3/c1-6-7(2)19-9-10(15-12(19)18(6)5-8(14)20)16(3)13(22)17(4)11(9)21/h9H,5H2,1-4H3,(H-,14,20)/p+1. The fourth-order valence-corrected chi connectivity index (χ4v) is 2.93. The molecule has 0 bridgehead atoms. The van der Waals surface area contributed by atoms with Crippen LogP contribution in [0, 0.1) is 13.8 Å². The highest BCUT2D eigenvalue weighted by atomic mass is 16.2. The first kappa shape index (κ1) is 14.2. The van der Waals surface area contributed by atoms with Crippen molar-refractivity contribution in [3.63, 3.8) is 0 Å². The molecule has 1 atom stereocenters. The van der Waals surface area contributed by atoms with Gasteiger partial charge in [-0.25, -0.2) is 13.9 Å². The van der Waals surface area contributed by atoms with E-state index in [0.29, 0.717) is 11.8 Å². The van der Waals surface area contributed by atoms with E-state index in [4.69, 9.17) is 5.73 Å². The van der Waals surface area contributed by atoms with E-state index in [9.17, 15) is 14.4 Å². The zero-order valence-electron chi connectivity index (χ0n) is 12.8. The number of hydrogen-bond acceptors (Lipinski definition) is 4. The van der Waals surface area contributed by atoms with Gasteiger partial charge in [0.15, 0.2) is 6.54 Å². The van der Waals surface area contributed by atoms with Crippen LogP contribution in [0.25, 0.3) is 0 Å². The first-order valence-electron chi connectivity index (χ1n) is 6.79. The maximum absolute atomic E-state index is 12.5. The molecule has 0 aliphatic carbocycles. The second kappa shape index (κ2) is 4.39. The molecule has 2 N–H and O–H groups in total. The Morgan fingerprint density at radius 2 is 1.91 bits per heavy atom. The van der Waals surface area contributed by atoms with Gasteiger partial charge in [-0.1, -0.05) is 4.99 Å². The number of imidazole rings is 1. The Labute approximate surface area is 126 Å². The predicted molar refractivity (Wildman–Crippen MR) is 75.4 cm³/mol. The summed E-state index contributed by atoms with van der Waals surface area (Å²) in [6.07, 6.45) is 0. The Kier molecular flexibility index (Phi) is 2.84. The van der Waals surface area contributed by atoms with Gasteiger partial charge >= 0.3 is 12.0 Å². The molecule has 1 unspecified atom stereocenters. The third kappa shape index (κ3) is 1.62. The number of primary amides is 1. The lowest BCUT2D eigenvalue weighted by Crippen LogP contribution is -2.56. The fraction of sp³-hybridized carbons (Fsp3) is 0.462. The highest BCUT2D eigenvalue weighted by Gasteiger charge is 2.53. The van der Waals surface area contributed by atoms with Crippen LogP contribution in [0.2, 0.25) is 0 Å². The molecule has 116 valence electrons. The number of carbonyl (C=O) groups is 3. The zero-order chi connectivity index (χ0) is 16.3. The van der Waals surface area contributed by atoms with Crippen molar-refractivity contribution in [3.8, 4) is 0 Å². The molecule has 1 aromatic rings. The van der Waals surface area contributed by atoms with Crippen molar-refractivity contribution in [1.82, 2.24) is 14.4 Å². The largest absolute Gasteiger partial charge is 0.402 e. The quantitative estimate of drug-likeness (QED) is 0.707.